The van der Waals surface area contributed by atoms with E-state index in [2.05, 4.69) is 40.3 Å². The van der Waals surface area contributed by atoms with Crippen molar-refractivity contribution in [3.05, 3.63) is 127 Å². The first-order valence-corrected chi connectivity index (χ1v) is 19.8. The van der Waals surface area contributed by atoms with Crippen LogP contribution in [0.2, 0.25) is 0 Å². The van der Waals surface area contributed by atoms with Crippen LogP contribution in [0.25, 0.3) is 0 Å². The van der Waals surface area contributed by atoms with E-state index >= 15 is 0 Å². The van der Waals surface area contributed by atoms with Crippen LogP contribution in [-0.4, -0.2) is 75.0 Å². The molecule has 0 aromatic heterocycles. The summed E-state index contributed by atoms with van der Waals surface area (Å²) in [5, 5.41) is 4.09. The van der Waals surface area contributed by atoms with Gasteiger partial charge in [0.25, 0.3) is 5.60 Å². The number of benzene rings is 4. The monoisotopic (exact) mass is 856 g/mol. The third-order valence-corrected chi connectivity index (χ3v) is 12.3. The maximum Gasteiger partial charge on any atom is 0.426 e. The molecule has 0 saturated carbocycles. The van der Waals surface area contributed by atoms with Crippen molar-refractivity contribution in [2.75, 3.05) is 13.2 Å². The summed E-state index contributed by atoms with van der Waals surface area (Å²) in [6, 6.07) is 36.4. The second-order valence-electron chi connectivity index (χ2n) is 11.7. The summed E-state index contributed by atoms with van der Waals surface area (Å²) in [4.78, 5) is 15.6. The summed E-state index contributed by atoms with van der Waals surface area (Å²) in [6.07, 6.45) is -16.6. The minimum absolute atomic E-state index is 0.289. The number of carbonyl (C=O) groups excluding carboxylic acids is 1. The van der Waals surface area contributed by atoms with E-state index in [-0.39, 0.29) is 10.9 Å². The summed E-state index contributed by atoms with van der Waals surface area (Å²) in [5.41, 5.74) is -6.09. The molecule has 0 bridgehead atoms. The maximum atomic E-state index is 12.9. The Morgan fingerprint density at radius 1 is 0.714 bits per heavy atom. The smallest absolute Gasteiger partial charge is 0.426 e. The van der Waals surface area contributed by atoms with Crippen molar-refractivity contribution in [3.8, 4) is 0 Å². The van der Waals surface area contributed by atoms with E-state index < -0.39 is 80.4 Å². The molecule has 1 atom stereocenters. The van der Waals surface area contributed by atoms with E-state index in [1.807, 2.05) is 54.6 Å². The lowest BCUT2D eigenvalue weighted by Gasteiger charge is -2.34. The molecule has 0 amide bonds. The third-order valence-electron chi connectivity index (χ3n) is 7.41. The zero-order chi connectivity index (χ0) is 42.2. The predicted molar refractivity (Wildman–Crippen MR) is 185 cm³/mol. The number of rotatable bonds is 14. The van der Waals surface area contributed by atoms with Crippen molar-refractivity contribution >= 4 is 36.8 Å². The number of esters is 1. The van der Waals surface area contributed by atoms with Crippen LogP contribution in [0, 0.1) is 0 Å². The fourth-order valence-electron chi connectivity index (χ4n) is 4.55. The topological polar surface area (TPSA) is 147 Å². The van der Waals surface area contributed by atoms with Crippen molar-refractivity contribution in [1.29, 1.82) is 0 Å². The molecular formula is C36H32F8O9S3. The third kappa shape index (κ3) is 11.6. The molecule has 4 aromatic carbocycles. The number of sulfone groups is 1. The van der Waals surface area contributed by atoms with Gasteiger partial charge in [-0.15, -0.1) is 0 Å². The fourth-order valence-corrected chi connectivity index (χ4v) is 8.15. The predicted octanol–water partition coefficient (Wildman–Crippen LogP) is 7.49. The second kappa shape index (κ2) is 18.3. The Bertz CT molecular complexity index is 2080. The van der Waals surface area contributed by atoms with Gasteiger partial charge in [-0.3, -0.25) is 0 Å². The van der Waals surface area contributed by atoms with Crippen LogP contribution in [0.3, 0.4) is 0 Å². The minimum Gasteiger partial charge on any atom is -0.743 e. The Balaban J connectivity index is 0.000000300. The molecule has 9 nitrogen and oxygen atoms in total. The number of ether oxygens (including phenoxy) is 2. The number of halogens is 8. The Kier molecular flexibility index (Phi) is 15.0. The Labute approximate surface area is 319 Å². The average molecular weight is 857 g/mol. The van der Waals surface area contributed by atoms with Crippen LogP contribution in [0.4, 0.5) is 35.1 Å². The maximum absolute atomic E-state index is 12.9. The van der Waals surface area contributed by atoms with Gasteiger partial charge < -0.3 is 19.1 Å². The van der Waals surface area contributed by atoms with Crippen molar-refractivity contribution in [2.45, 2.75) is 67.1 Å². The molecule has 20 heteroatoms. The quantitative estimate of drug-likeness (QED) is 0.0448. The molecule has 0 heterocycles. The van der Waals surface area contributed by atoms with Gasteiger partial charge in [-0.2, -0.15) is 35.1 Å². The van der Waals surface area contributed by atoms with Crippen molar-refractivity contribution in [2.24, 2.45) is 0 Å². The zero-order valence-corrected chi connectivity index (χ0v) is 31.3. The lowest BCUT2D eigenvalue weighted by Crippen LogP contribution is -2.58. The molecule has 0 fully saturated rings. The van der Waals surface area contributed by atoms with E-state index in [1.54, 1.807) is 36.4 Å². The molecule has 1 unspecified atom stereocenters. The highest BCUT2D eigenvalue weighted by Crippen LogP contribution is 2.46. The molecule has 0 saturated heterocycles. The Morgan fingerprint density at radius 3 is 1.52 bits per heavy atom. The number of aliphatic hydroxyl groups is 1. The largest absolute Gasteiger partial charge is 0.743 e. The standard InChI is InChI=1S/C24H19O2S2.C12H14F8O7S/c25-28(26,23-14-8-3-9-15-23)24-18-16-22(17-19-24)27(20-10-4-1-5-11-20)21-12-6-2-7-13-21;1-6(4-26-5-10(13,14)28(23,24)25)8(21)27-7(2)3-9(22,11(15,16)17)12(18,19)20/h1-19H;7,22H,1,3-5H2,2H3,(H,23,24,25)/q+1;/p-1. The highest BCUT2D eigenvalue weighted by atomic mass is 32.2. The van der Waals surface area contributed by atoms with Gasteiger partial charge in [-0.25, -0.2) is 21.6 Å². The van der Waals surface area contributed by atoms with E-state index in [4.69, 9.17) is 5.11 Å². The van der Waals surface area contributed by atoms with Crippen LogP contribution in [0.5, 0.6) is 0 Å². The lowest BCUT2D eigenvalue weighted by atomic mass is 9.95. The second-order valence-corrected chi connectivity index (χ2v) is 17.2. The van der Waals surface area contributed by atoms with Gasteiger partial charge in [0.15, 0.2) is 24.8 Å². The van der Waals surface area contributed by atoms with Crippen LogP contribution in [0.15, 0.2) is 152 Å². The molecule has 0 radical (unpaired) electrons. The summed E-state index contributed by atoms with van der Waals surface area (Å²) in [6.45, 7) is 0.302. The first kappa shape index (κ1) is 46.0. The molecule has 304 valence electrons. The van der Waals surface area contributed by atoms with Crippen LogP contribution < -0.4 is 0 Å². The molecule has 1 N–H and O–H groups in total. The van der Waals surface area contributed by atoms with Gasteiger partial charge in [0.05, 0.1) is 32.9 Å². The molecule has 0 aliphatic heterocycles. The lowest BCUT2D eigenvalue weighted by molar-refractivity contribution is -0.373. The van der Waals surface area contributed by atoms with Crippen LogP contribution in [0.1, 0.15) is 13.3 Å². The van der Waals surface area contributed by atoms with Gasteiger partial charge in [-0.1, -0.05) is 61.2 Å². The highest BCUT2D eigenvalue weighted by molar-refractivity contribution is 7.97. The summed E-state index contributed by atoms with van der Waals surface area (Å²) in [7, 11) is -9.88. The molecular weight excluding hydrogens is 825 g/mol. The van der Waals surface area contributed by atoms with Crippen LogP contribution >= 0.6 is 0 Å². The van der Waals surface area contributed by atoms with Crippen molar-refractivity contribution in [3.63, 3.8) is 0 Å². The summed E-state index contributed by atoms with van der Waals surface area (Å²) < 4.78 is 165. The number of carbonyl (C=O) groups is 1. The van der Waals surface area contributed by atoms with Gasteiger partial charge in [-0.05, 0) is 67.6 Å². The molecule has 4 rings (SSSR count). The van der Waals surface area contributed by atoms with Gasteiger partial charge in [0.1, 0.15) is 12.7 Å². The van der Waals surface area contributed by atoms with E-state index in [9.17, 15) is 61.3 Å². The first-order chi connectivity index (χ1) is 25.8. The molecule has 0 aliphatic carbocycles. The van der Waals surface area contributed by atoms with E-state index in [1.165, 1.54) is 9.79 Å². The van der Waals surface area contributed by atoms with E-state index in [0.717, 1.165) is 4.90 Å². The average Bonchev–Trinajstić information content (AvgIpc) is 3.12. The summed E-state index contributed by atoms with van der Waals surface area (Å²) in [5.74, 6) is -1.67. The molecule has 4 aromatic rings. The van der Waals surface area contributed by atoms with Crippen LogP contribution in [-0.2, 0) is 45.1 Å². The molecule has 0 spiro atoms. The Morgan fingerprint density at radius 2 is 1.11 bits per heavy atom. The van der Waals surface area contributed by atoms with Crippen molar-refractivity contribution < 1.29 is 75.9 Å². The number of alkyl halides is 8. The highest BCUT2D eigenvalue weighted by Gasteiger charge is 2.70. The number of hydrogen-bond donors (Lipinski definition) is 1. The normalized spacial score (nSPS) is 13.4. The summed E-state index contributed by atoms with van der Waals surface area (Å²) >= 11 is 0. The van der Waals surface area contributed by atoms with E-state index in [0.29, 0.717) is 16.7 Å². The molecule has 56 heavy (non-hydrogen) atoms. The zero-order valence-electron chi connectivity index (χ0n) is 28.8. The van der Waals surface area contributed by atoms with Gasteiger partial charge in [0, 0.05) is 6.42 Å². The van der Waals surface area contributed by atoms with Gasteiger partial charge in [0.2, 0.25) is 9.84 Å². The first-order valence-electron chi connectivity index (χ1n) is 15.7. The molecule has 0 aliphatic rings. The minimum atomic E-state index is -6.15. The van der Waals surface area contributed by atoms with Gasteiger partial charge >= 0.3 is 23.6 Å². The fraction of sp³-hybridized carbons (Fsp3) is 0.250. The Hall–Kier alpha value is -4.34. The number of hydrogen-bond acceptors (Lipinski definition) is 9. The van der Waals surface area contributed by atoms with Crippen molar-refractivity contribution in [1.82, 2.24) is 0 Å². The SMILES string of the molecule is C=C(COCC(F)(F)S(=O)(=O)[O-])C(=O)OC(C)CC(O)(C(F)(F)F)C(F)(F)F.O=S(=O)(c1ccccc1)c1ccc([S+](c2ccccc2)c2ccccc2)cc1.